The number of carboxylic acid groups (broad SMARTS) is 1. The maximum absolute atomic E-state index is 12.2. The van der Waals surface area contributed by atoms with Gasteiger partial charge < -0.3 is 15.7 Å². The smallest absolute Gasteiger partial charge is 0.303 e. The molecule has 0 fully saturated rings. The summed E-state index contributed by atoms with van der Waals surface area (Å²) >= 11 is 7.37. The van der Waals surface area contributed by atoms with E-state index in [0.29, 0.717) is 16.4 Å². The summed E-state index contributed by atoms with van der Waals surface area (Å²) in [6.07, 6.45) is -0.308. The van der Waals surface area contributed by atoms with Crippen LogP contribution in [0.2, 0.25) is 5.02 Å². The highest BCUT2D eigenvalue weighted by Crippen LogP contribution is 2.25. The molecule has 0 spiro atoms. The van der Waals surface area contributed by atoms with Gasteiger partial charge in [-0.2, -0.15) is 0 Å². The summed E-state index contributed by atoms with van der Waals surface area (Å²) < 4.78 is 0. The van der Waals surface area contributed by atoms with Crippen LogP contribution in [0, 0.1) is 6.92 Å². The monoisotopic (exact) mass is 406 g/mol. The molecule has 0 aliphatic heterocycles. The van der Waals surface area contributed by atoms with Gasteiger partial charge in [0.15, 0.2) is 0 Å². The van der Waals surface area contributed by atoms with Gasteiger partial charge in [-0.05, 0) is 42.8 Å². The van der Waals surface area contributed by atoms with Crippen LogP contribution in [0.5, 0.6) is 0 Å². The normalized spacial score (nSPS) is 10.3. The van der Waals surface area contributed by atoms with Gasteiger partial charge in [0.2, 0.25) is 11.8 Å². The quantitative estimate of drug-likeness (QED) is 0.571. The highest BCUT2D eigenvalue weighted by atomic mass is 35.5. The Bertz CT molecular complexity index is 857. The number of carbonyl (C=O) groups excluding carboxylic acids is 2. The third-order valence-electron chi connectivity index (χ3n) is 3.60. The molecule has 0 unspecified atom stereocenters. The van der Waals surface area contributed by atoms with Crippen molar-refractivity contribution in [3.05, 3.63) is 53.1 Å². The topological polar surface area (TPSA) is 95.5 Å². The fourth-order valence-corrected chi connectivity index (χ4v) is 3.12. The van der Waals surface area contributed by atoms with Crippen molar-refractivity contribution in [1.82, 2.24) is 0 Å². The summed E-state index contributed by atoms with van der Waals surface area (Å²) in [5.74, 6) is -1.35. The number of rotatable bonds is 8. The Morgan fingerprint density at radius 1 is 1.04 bits per heavy atom. The van der Waals surface area contributed by atoms with Crippen LogP contribution < -0.4 is 10.6 Å². The zero-order valence-electron chi connectivity index (χ0n) is 14.6. The van der Waals surface area contributed by atoms with Crippen molar-refractivity contribution in [3.8, 4) is 0 Å². The molecule has 2 aromatic rings. The van der Waals surface area contributed by atoms with Crippen molar-refractivity contribution < 1.29 is 19.5 Å². The van der Waals surface area contributed by atoms with Crippen LogP contribution in [0.4, 0.5) is 11.4 Å². The molecule has 0 radical (unpaired) electrons. The van der Waals surface area contributed by atoms with E-state index in [4.69, 9.17) is 16.7 Å². The van der Waals surface area contributed by atoms with Crippen molar-refractivity contribution >= 4 is 52.5 Å². The maximum atomic E-state index is 12.2. The van der Waals surface area contributed by atoms with Gasteiger partial charge in [-0.3, -0.25) is 14.4 Å². The first kappa shape index (κ1) is 20.8. The molecule has 142 valence electrons. The fourth-order valence-electron chi connectivity index (χ4n) is 2.19. The lowest BCUT2D eigenvalue weighted by molar-refractivity contribution is -0.138. The number of aliphatic carboxylic acids is 1. The standard InChI is InChI=1S/C19H19ClN2O4S/c1-12-15(20)6-3-7-16(12)22-18(24)11-27-14-5-2-4-13(10-14)21-17(23)8-9-19(25)26/h2-7,10H,8-9,11H2,1H3,(H,21,23)(H,22,24)(H,25,26). The molecular formula is C19H19ClN2O4S. The van der Waals surface area contributed by atoms with Crippen LogP contribution >= 0.6 is 23.4 Å². The molecule has 3 N–H and O–H groups in total. The van der Waals surface area contributed by atoms with E-state index in [1.165, 1.54) is 11.8 Å². The van der Waals surface area contributed by atoms with Crippen LogP contribution in [0.15, 0.2) is 47.4 Å². The molecule has 27 heavy (non-hydrogen) atoms. The van der Waals surface area contributed by atoms with Crippen LogP contribution in [0.3, 0.4) is 0 Å². The summed E-state index contributed by atoms with van der Waals surface area (Å²) in [6.45, 7) is 1.83. The highest BCUT2D eigenvalue weighted by molar-refractivity contribution is 8.00. The molecule has 6 nitrogen and oxygen atoms in total. The highest BCUT2D eigenvalue weighted by Gasteiger charge is 2.09. The molecule has 0 atom stereocenters. The second-order valence-electron chi connectivity index (χ2n) is 5.72. The van der Waals surface area contributed by atoms with E-state index in [9.17, 15) is 14.4 Å². The molecule has 0 aliphatic rings. The van der Waals surface area contributed by atoms with Gasteiger partial charge in [0, 0.05) is 27.7 Å². The van der Waals surface area contributed by atoms with E-state index in [1.54, 1.807) is 36.4 Å². The Morgan fingerprint density at radius 2 is 1.78 bits per heavy atom. The number of carbonyl (C=O) groups is 3. The number of nitrogens with one attached hydrogen (secondary N) is 2. The number of anilines is 2. The lowest BCUT2D eigenvalue weighted by Gasteiger charge is -2.10. The average molecular weight is 407 g/mol. The van der Waals surface area contributed by atoms with Crippen molar-refractivity contribution in [2.45, 2.75) is 24.7 Å². The van der Waals surface area contributed by atoms with E-state index >= 15 is 0 Å². The van der Waals surface area contributed by atoms with E-state index in [-0.39, 0.29) is 30.4 Å². The molecule has 8 heteroatoms. The van der Waals surface area contributed by atoms with Crippen LogP contribution in [-0.4, -0.2) is 28.6 Å². The van der Waals surface area contributed by atoms with Crippen molar-refractivity contribution in [2.75, 3.05) is 16.4 Å². The predicted octanol–water partition coefficient (Wildman–Crippen LogP) is 4.18. The van der Waals surface area contributed by atoms with Gasteiger partial charge in [-0.15, -0.1) is 11.8 Å². The number of hydrogen-bond donors (Lipinski definition) is 3. The van der Waals surface area contributed by atoms with Crippen molar-refractivity contribution in [2.24, 2.45) is 0 Å². The minimum Gasteiger partial charge on any atom is -0.481 e. The molecule has 2 amide bonds. The van der Waals surface area contributed by atoms with Crippen LogP contribution in [0.25, 0.3) is 0 Å². The summed E-state index contributed by atoms with van der Waals surface area (Å²) in [7, 11) is 0. The molecule has 0 aromatic heterocycles. The van der Waals surface area contributed by atoms with Gasteiger partial charge in [0.1, 0.15) is 0 Å². The number of benzene rings is 2. The molecule has 0 aliphatic carbocycles. The van der Waals surface area contributed by atoms with Crippen molar-refractivity contribution in [3.63, 3.8) is 0 Å². The Morgan fingerprint density at radius 3 is 2.52 bits per heavy atom. The number of thioether (sulfide) groups is 1. The zero-order valence-corrected chi connectivity index (χ0v) is 16.2. The molecule has 0 saturated carbocycles. The molecular weight excluding hydrogens is 388 g/mol. The Hall–Kier alpha value is -2.51. The second kappa shape index (κ2) is 9.99. The third-order valence-corrected chi connectivity index (χ3v) is 5.00. The molecule has 2 rings (SSSR count). The van der Waals surface area contributed by atoms with E-state index in [2.05, 4.69) is 10.6 Å². The number of carboxylic acids is 1. The third kappa shape index (κ3) is 6.96. The molecule has 0 heterocycles. The molecule has 0 bridgehead atoms. The second-order valence-corrected chi connectivity index (χ2v) is 7.17. The van der Waals surface area contributed by atoms with Crippen LogP contribution in [-0.2, 0) is 14.4 Å². The average Bonchev–Trinajstić information content (AvgIpc) is 2.62. The lowest BCUT2D eigenvalue weighted by atomic mass is 10.2. The first-order valence-electron chi connectivity index (χ1n) is 8.14. The lowest BCUT2D eigenvalue weighted by Crippen LogP contribution is -2.15. The van der Waals surface area contributed by atoms with Gasteiger partial charge in [-0.25, -0.2) is 0 Å². The summed E-state index contributed by atoms with van der Waals surface area (Å²) in [6, 6.07) is 12.4. The van der Waals surface area contributed by atoms with Crippen molar-refractivity contribution in [1.29, 1.82) is 0 Å². The summed E-state index contributed by atoms with van der Waals surface area (Å²) in [5.41, 5.74) is 2.04. The fraction of sp³-hybridized carbons (Fsp3) is 0.211. The zero-order chi connectivity index (χ0) is 19.8. The van der Waals surface area contributed by atoms with Gasteiger partial charge in [0.05, 0.1) is 12.2 Å². The molecule has 2 aromatic carbocycles. The maximum Gasteiger partial charge on any atom is 0.303 e. The molecule has 0 saturated heterocycles. The van der Waals surface area contributed by atoms with Gasteiger partial charge in [-0.1, -0.05) is 23.7 Å². The Balaban J connectivity index is 1.88. The van der Waals surface area contributed by atoms with E-state index in [0.717, 1.165) is 10.5 Å². The number of amides is 2. The first-order chi connectivity index (χ1) is 12.8. The predicted molar refractivity (Wildman–Crippen MR) is 107 cm³/mol. The minimum absolute atomic E-state index is 0.0892. The summed E-state index contributed by atoms with van der Waals surface area (Å²) in [5, 5.41) is 14.7. The van der Waals surface area contributed by atoms with E-state index < -0.39 is 5.97 Å². The number of halogens is 1. The largest absolute Gasteiger partial charge is 0.481 e. The van der Waals surface area contributed by atoms with Gasteiger partial charge in [0.25, 0.3) is 0 Å². The number of hydrogen-bond acceptors (Lipinski definition) is 4. The first-order valence-corrected chi connectivity index (χ1v) is 9.51. The Kier molecular flexibility index (Phi) is 7.69. The SMILES string of the molecule is Cc1c(Cl)cccc1NC(=O)CSc1cccc(NC(=O)CCC(=O)O)c1. The Labute approximate surface area is 166 Å². The summed E-state index contributed by atoms with van der Waals surface area (Å²) in [4.78, 5) is 35.2. The van der Waals surface area contributed by atoms with Crippen LogP contribution in [0.1, 0.15) is 18.4 Å². The minimum atomic E-state index is -1.02. The van der Waals surface area contributed by atoms with E-state index in [1.807, 2.05) is 13.0 Å². The van der Waals surface area contributed by atoms with Gasteiger partial charge >= 0.3 is 5.97 Å².